The summed E-state index contributed by atoms with van der Waals surface area (Å²) in [5.74, 6) is -2.33. The van der Waals surface area contributed by atoms with Gasteiger partial charge in [0.05, 0.1) is 34.5 Å². The second-order valence-electron chi connectivity index (χ2n) is 3.71. The lowest BCUT2D eigenvalue weighted by Gasteiger charge is -2.11. The lowest BCUT2D eigenvalue weighted by atomic mass is 10.2. The van der Waals surface area contributed by atoms with Gasteiger partial charge < -0.3 is 14.8 Å². The Morgan fingerprint density at radius 3 is 2.81 bits per heavy atom. The zero-order valence-electron chi connectivity index (χ0n) is 15.1. The minimum atomic E-state index is -4.33. The van der Waals surface area contributed by atoms with E-state index in [1.807, 2.05) is 0 Å². The molecular formula is C12H11ClN2O5S. The van der Waals surface area contributed by atoms with Gasteiger partial charge in [-0.1, -0.05) is 11.6 Å². The molecule has 7 nitrogen and oxygen atoms in total. The third-order valence-corrected chi connectivity index (χ3v) is 3.68. The summed E-state index contributed by atoms with van der Waals surface area (Å²) in [6, 6.07) is 0.162. The van der Waals surface area contributed by atoms with Crippen molar-refractivity contribution in [3.8, 4) is 0 Å². The van der Waals surface area contributed by atoms with Gasteiger partial charge in [-0.25, -0.2) is 18.4 Å². The van der Waals surface area contributed by atoms with Crippen LogP contribution in [0.1, 0.15) is 23.0 Å². The maximum atomic E-state index is 11.5. The first-order chi connectivity index (χ1) is 11.8. The molecule has 2 rings (SSSR count). The van der Waals surface area contributed by atoms with Gasteiger partial charge in [-0.2, -0.15) is 0 Å². The van der Waals surface area contributed by atoms with Crippen LogP contribution in [0.3, 0.4) is 0 Å². The van der Waals surface area contributed by atoms with E-state index in [0.29, 0.717) is 6.07 Å². The number of furan rings is 1. The Balaban J connectivity index is 2.59. The molecule has 112 valence electrons. The van der Waals surface area contributed by atoms with Crippen molar-refractivity contribution in [3.63, 3.8) is 0 Å². The Kier molecular flexibility index (Phi) is 2.70. The predicted molar refractivity (Wildman–Crippen MR) is 75.8 cm³/mol. The zero-order chi connectivity index (χ0) is 20.0. The fourth-order valence-corrected chi connectivity index (χ4v) is 2.52. The summed E-state index contributed by atoms with van der Waals surface area (Å²) in [7, 11) is -4.33. The van der Waals surface area contributed by atoms with Crippen LogP contribution in [0.4, 0.5) is 5.69 Å². The Bertz CT molecular complexity index is 1010. The minimum absolute atomic E-state index is 0.422. The fourth-order valence-electron chi connectivity index (χ4n) is 1.42. The molecule has 0 spiro atoms. The number of aromatic carboxylic acids is 1. The molecule has 1 heterocycles. The van der Waals surface area contributed by atoms with Crippen LogP contribution < -0.4 is 10.5 Å². The molecule has 0 fully saturated rings. The molecule has 1 aromatic heterocycles. The van der Waals surface area contributed by atoms with Gasteiger partial charge in [0.1, 0.15) is 12.0 Å². The predicted octanol–water partition coefficient (Wildman–Crippen LogP) is 1.89. The number of anilines is 1. The maximum Gasteiger partial charge on any atom is 0.337 e. The van der Waals surface area contributed by atoms with E-state index in [4.69, 9.17) is 28.0 Å². The summed E-state index contributed by atoms with van der Waals surface area (Å²) >= 11 is 5.79. The molecule has 1 aromatic carbocycles. The highest BCUT2D eigenvalue weighted by molar-refractivity contribution is 7.89. The number of sulfonamides is 1. The number of carbonyl (C=O) groups is 1. The number of nitrogens with one attached hydrogen (secondary N) is 1. The third-order valence-electron chi connectivity index (χ3n) is 2.30. The van der Waals surface area contributed by atoms with Crippen molar-refractivity contribution in [1.82, 2.24) is 0 Å². The van der Waals surface area contributed by atoms with Crippen molar-refractivity contribution >= 4 is 33.3 Å². The first-order valence-electron chi connectivity index (χ1n) is 7.70. The highest BCUT2D eigenvalue weighted by Crippen LogP contribution is 2.28. The van der Waals surface area contributed by atoms with Crippen LogP contribution in [0.5, 0.6) is 0 Å². The number of nitrogens with two attached hydrogens (primary N) is 1. The van der Waals surface area contributed by atoms with Crippen LogP contribution in [-0.2, 0) is 16.5 Å². The number of benzene rings is 1. The Morgan fingerprint density at radius 1 is 1.57 bits per heavy atom. The van der Waals surface area contributed by atoms with E-state index in [2.05, 4.69) is 5.32 Å². The van der Waals surface area contributed by atoms with Gasteiger partial charge in [-0.05, 0) is 24.2 Å². The number of halogens is 1. The van der Waals surface area contributed by atoms with E-state index in [9.17, 15) is 18.3 Å². The van der Waals surface area contributed by atoms with Crippen LogP contribution in [0.15, 0.2) is 39.8 Å². The van der Waals surface area contributed by atoms with E-state index in [1.54, 1.807) is 0 Å². The smallest absolute Gasteiger partial charge is 0.337 e. The molecule has 2 aromatic rings. The summed E-state index contributed by atoms with van der Waals surface area (Å²) in [6.07, 6.45) is -0.739. The van der Waals surface area contributed by atoms with Gasteiger partial charge in [0, 0.05) is 0 Å². The molecule has 0 atom stereocenters. The van der Waals surface area contributed by atoms with Crippen molar-refractivity contribution in [1.29, 1.82) is 0 Å². The Labute approximate surface area is 132 Å². The fraction of sp³-hybridized carbons (Fsp3) is 0.0833. The molecular weight excluding hydrogens is 321 g/mol. The number of hydrogen-bond acceptors (Lipinski definition) is 5. The van der Waals surface area contributed by atoms with Crippen molar-refractivity contribution < 1.29 is 29.6 Å². The highest BCUT2D eigenvalue weighted by Gasteiger charge is 2.20. The highest BCUT2D eigenvalue weighted by atomic mass is 35.5. The van der Waals surface area contributed by atoms with Crippen LogP contribution in [0, 0.1) is 0 Å². The number of carboxylic acid groups (broad SMARTS) is 1. The van der Waals surface area contributed by atoms with Gasteiger partial charge >= 0.3 is 5.97 Å². The van der Waals surface area contributed by atoms with Crippen LogP contribution in [0.2, 0.25) is 5.02 Å². The van der Waals surface area contributed by atoms with Crippen LogP contribution >= 0.6 is 11.6 Å². The summed E-state index contributed by atoms with van der Waals surface area (Å²) in [5.41, 5.74) is -1.08. The first kappa shape index (κ1) is 9.82. The van der Waals surface area contributed by atoms with Gasteiger partial charge in [0.15, 0.2) is 0 Å². The molecule has 0 amide bonds. The van der Waals surface area contributed by atoms with Crippen LogP contribution in [0.25, 0.3) is 0 Å². The van der Waals surface area contributed by atoms with Gasteiger partial charge in [-0.15, -0.1) is 0 Å². The SMILES string of the molecule is [2H]c1oc([13C]([2H])([2H])Nc2cc(Cl)c(S(N)(=O)=O)cc2C(=O)O)c([2H])c1[2H]. The summed E-state index contributed by atoms with van der Waals surface area (Å²) in [4.78, 5) is 10.7. The van der Waals surface area contributed by atoms with Gasteiger partial charge in [0.2, 0.25) is 10.0 Å². The van der Waals surface area contributed by atoms with Crippen LogP contribution in [-0.4, -0.2) is 19.5 Å². The molecule has 0 saturated heterocycles. The number of hydrogen-bond donors (Lipinski definition) is 3. The van der Waals surface area contributed by atoms with Crippen molar-refractivity contribution in [2.75, 3.05) is 5.32 Å². The zero-order valence-corrected chi connectivity index (χ0v) is 11.7. The molecule has 0 saturated carbocycles. The van der Waals surface area contributed by atoms with E-state index in [1.165, 1.54) is 0 Å². The standard InChI is InChI=1S/C12H11ClN2O5S/c13-9-5-10(15-6-7-2-1-3-20-7)8(12(16)17)4-11(9)21(14,18)19/h1-5,15H,6H2,(H,16,17)(H2,14,18,19)/i1D,2D,3D,6+1D2. The van der Waals surface area contributed by atoms with Gasteiger partial charge in [0.25, 0.3) is 0 Å². The molecule has 0 bridgehead atoms. The quantitative estimate of drug-likeness (QED) is 0.716. The lowest BCUT2D eigenvalue weighted by molar-refractivity contribution is 0.0697. The molecule has 0 aliphatic heterocycles. The molecule has 0 unspecified atom stereocenters. The van der Waals surface area contributed by atoms with Gasteiger partial charge in [-0.3, -0.25) is 0 Å². The second-order valence-corrected chi connectivity index (χ2v) is 5.65. The average Bonchev–Trinajstić information content (AvgIpc) is 2.73. The maximum absolute atomic E-state index is 11.5. The van der Waals surface area contributed by atoms with Crippen molar-refractivity contribution in [3.05, 3.63) is 46.8 Å². The second kappa shape index (κ2) is 5.76. The normalized spacial score (nSPS) is 15.4. The van der Waals surface area contributed by atoms with E-state index >= 15 is 0 Å². The number of rotatable bonds is 5. The third kappa shape index (κ3) is 3.54. The Hall–Kier alpha value is -2.03. The Morgan fingerprint density at radius 2 is 2.29 bits per heavy atom. The summed E-state index contributed by atoms with van der Waals surface area (Å²) < 4.78 is 65.9. The van der Waals surface area contributed by atoms with Crippen molar-refractivity contribution in [2.24, 2.45) is 5.14 Å². The molecule has 0 aliphatic rings. The molecule has 0 radical (unpaired) electrons. The van der Waals surface area contributed by atoms with E-state index in [0.717, 1.165) is 6.07 Å². The first-order valence-corrected chi connectivity index (χ1v) is 7.13. The molecule has 21 heavy (non-hydrogen) atoms. The average molecular weight is 337 g/mol. The molecule has 4 N–H and O–H groups in total. The topological polar surface area (TPSA) is 123 Å². The molecule has 9 heteroatoms. The largest absolute Gasteiger partial charge is 0.478 e. The minimum Gasteiger partial charge on any atom is -0.478 e. The molecule has 0 aliphatic carbocycles. The monoisotopic (exact) mass is 336 g/mol. The van der Waals surface area contributed by atoms with E-state index < -0.39 is 67.7 Å². The van der Waals surface area contributed by atoms with Crippen molar-refractivity contribution in [2.45, 2.75) is 11.4 Å². The summed E-state index contributed by atoms with van der Waals surface area (Å²) in [6.45, 7) is -2.71. The van der Waals surface area contributed by atoms with E-state index in [-0.39, 0.29) is 0 Å². The summed E-state index contributed by atoms with van der Waals surface area (Å²) in [5, 5.41) is 15.9. The number of carboxylic acids is 1. The number of primary sulfonamides is 1. The lowest BCUT2D eigenvalue weighted by Crippen LogP contribution is -2.15.